The van der Waals surface area contributed by atoms with Crippen LogP contribution in [0.4, 0.5) is 0 Å². The van der Waals surface area contributed by atoms with Crippen LogP contribution in [0.1, 0.15) is 48.2 Å². The molecule has 1 aromatic heterocycles. The van der Waals surface area contributed by atoms with Crippen molar-refractivity contribution in [3.05, 3.63) is 94.8 Å². The fourth-order valence-electron chi connectivity index (χ4n) is 4.34. The van der Waals surface area contributed by atoms with E-state index in [0.717, 1.165) is 11.1 Å². The van der Waals surface area contributed by atoms with Crippen molar-refractivity contribution in [2.75, 3.05) is 14.2 Å². The van der Waals surface area contributed by atoms with E-state index < -0.39 is 17.7 Å². The molecule has 180 valence electrons. The van der Waals surface area contributed by atoms with Crippen molar-refractivity contribution in [1.29, 1.82) is 0 Å². The number of rotatable bonds is 7. The number of methoxy groups -OCH3 is 2. The molecule has 0 saturated carbocycles. The van der Waals surface area contributed by atoms with Crippen molar-refractivity contribution in [3.8, 4) is 11.5 Å². The van der Waals surface area contributed by atoms with Crippen LogP contribution in [0, 0.1) is 0 Å². The van der Waals surface area contributed by atoms with Crippen molar-refractivity contribution >= 4 is 17.4 Å². The minimum Gasteiger partial charge on any atom is -0.507 e. The Morgan fingerprint density at radius 3 is 2.49 bits per heavy atom. The maximum atomic E-state index is 13.3. The van der Waals surface area contributed by atoms with Gasteiger partial charge >= 0.3 is 0 Å². The normalized spacial score (nSPS) is 17.2. The lowest BCUT2D eigenvalue weighted by Gasteiger charge is -2.25. The molecule has 1 amide bonds. The Kier molecular flexibility index (Phi) is 6.87. The summed E-state index contributed by atoms with van der Waals surface area (Å²) in [4.78, 5) is 32.4. The average molecular weight is 473 g/mol. The van der Waals surface area contributed by atoms with Crippen LogP contribution in [0.3, 0.4) is 0 Å². The molecule has 3 aromatic rings. The topological polar surface area (TPSA) is 89.0 Å². The third-order valence-corrected chi connectivity index (χ3v) is 6.12. The van der Waals surface area contributed by atoms with E-state index in [1.165, 1.54) is 4.90 Å². The average Bonchev–Trinajstić information content (AvgIpc) is 3.13. The number of carbonyl (C=O) groups is 2. The van der Waals surface area contributed by atoms with Crippen molar-refractivity contribution in [2.45, 2.75) is 32.4 Å². The number of aliphatic hydroxyl groups excluding tert-OH is 1. The largest absolute Gasteiger partial charge is 0.507 e. The fourth-order valence-corrected chi connectivity index (χ4v) is 4.34. The fraction of sp³-hybridized carbons (Fsp3) is 0.250. The second kappa shape index (κ2) is 10.0. The minimum atomic E-state index is -0.841. The van der Waals surface area contributed by atoms with Crippen molar-refractivity contribution in [2.24, 2.45) is 0 Å². The smallest absolute Gasteiger partial charge is 0.296 e. The number of pyridine rings is 1. The zero-order valence-corrected chi connectivity index (χ0v) is 20.2. The van der Waals surface area contributed by atoms with Gasteiger partial charge in [0, 0.05) is 18.3 Å². The number of carbonyl (C=O) groups excluding carboxylic acids is 2. The number of hydrogen-bond donors (Lipinski definition) is 1. The van der Waals surface area contributed by atoms with Gasteiger partial charge in [0.2, 0.25) is 0 Å². The molecule has 0 spiro atoms. The Balaban J connectivity index is 1.85. The highest BCUT2D eigenvalue weighted by Gasteiger charge is 2.46. The van der Waals surface area contributed by atoms with Gasteiger partial charge in [-0.2, -0.15) is 0 Å². The molecule has 1 fully saturated rings. The lowest BCUT2D eigenvalue weighted by atomic mass is 9.94. The quantitative estimate of drug-likeness (QED) is 0.301. The van der Waals surface area contributed by atoms with Gasteiger partial charge in [0.25, 0.3) is 11.7 Å². The van der Waals surface area contributed by atoms with Crippen LogP contribution in [-0.4, -0.2) is 40.9 Å². The summed E-state index contributed by atoms with van der Waals surface area (Å²) in [7, 11) is 3.16. The molecule has 2 heterocycles. The van der Waals surface area contributed by atoms with Crippen LogP contribution >= 0.6 is 0 Å². The Hall–Kier alpha value is -4.13. The number of aromatic nitrogens is 1. The highest BCUT2D eigenvalue weighted by molar-refractivity contribution is 6.46. The summed E-state index contributed by atoms with van der Waals surface area (Å²) < 4.78 is 10.8. The molecule has 1 atom stereocenters. The van der Waals surface area contributed by atoms with Gasteiger partial charge in [0.15, 0.2) is 0 Å². The maximum Gasteiger partial charge on any atom is 0.296 e. The third kappa shape index (κ3) is 4.62. The molecule has 7 nitrogen and oxygen atoms in total. The first-order valence-electron chi connectivity index (χ1n) is 11.4. The Morgan fingerprint density at radius 1 is 1.03 bits per heavy atom. The first kappa shape index (κ1) is 24.0. The summed E-state index contributed by atoms with van der Waals surface area (Å²) in [6, 6.07) is 17.0. The Labute approximate surface area is 204 Å². The van der Waals surface area contributed by atoms with E-state index in [-0.39, 0.29) is 23.8 Å². The molecule has 0 radical (unpaired) electrons. The van der Waals surface area contributed by atoms with Crippen molar-refractivity contribution < 1.29 is 24.2 Å². The number of likely N-dealkylation sites (tertiary alicyclic amines) is 1. The predicted octanol–water partition coefficient (Wildman–Crippen LogP) is 4.84. The number of ketones is 1. The molecule has 7 heteroatoms. The summed E-state index contributed by atoms with van der Waals surface area (Å²) in [6.45, 7) is 4.19. The zero-order chi connectivity index (χ0) is 25.1. The molecule has 1 unspecified atom stereocenters. The van der Waals surface area contributed by atoms with Gasteiger partial charge in [0.05, 0.1) is 25.5 Å². The highest BCUT2D eigenvalue weighted by atomic mass is 16.5. The molecule has 35 heavy (non-hydrogen) atoms. The molecule has 0 aliphatic carbocycles. The standard InChI is InChI=1S/C28H28N2O5/c1-17(2)21-15-19(11-12-23(21)35-4)26(31)24-25(22-10-5-6-13-29-22)30(28(33)27(24)32)16-18-8-7-9-20(14-18)34-3/h5-15,17,25,31H,16H2,1-4H3/b26-24-. The van der Waals surface area contributed by atoms with E-state index in [4.69, 9.17) is 9.47 Å². The first-order valence-corrected chi connectivity index (χ1v) is 11.4. The molecule has 1 aliphatic heterocycles. The maximum absolute atomic E-state index is 13.3. The summed E-state index contributed by atoms with van der Waals surface area (Å²) in [5.41, 5.74) is 2.62. The SMILES string of the molecule is COc1cccc(CN2C(=O)C(=O)/C(=C(\O)c3ccc(OC)c(C(C)C)c3)C2c2ccccn2)c1. The van der Waals surface area contributed by atoms with Crippen LogP contribution in [-0.2, 0) is 16.1 Å². The first-order chi connectivity index (χ1) is 16.8. The predicted molar refractivity (Wildman–Crippen MR) is 132 cm³/mol. The van der Waals surface area contributed by atoms with E-state index in [1.54, 1.807) is 56.8 Å². The zero-order valence-electron chi connectivity index (χ0n) is 20.2. The van der Waals surface area contributed by atoms with E-state index in [2.05, 4.69) is 4.98 Å². The van der Waals surface area contributed by atoms with E-state index in [9.17, 15) is 14.7 Å². The van der Waals surface area contributed by atoms with Gasteiger partial charge in [-0.25, -0.2) is 0 Å². The second-order valence-electron chi connectivity index (χ2n) is 8.64. The number of amides is 1. The number of benzene rings is 2. The number of aliphatic hydroxyl groups is 1. The Morgan fingerprint density at radius 2 is 1.83 bits per heavy atom. The van der Waals surface area contributed by atoms with E-state index >= 15 is 0 Å². The molecule has 4 rings (SSSR count). The Bertz CT molecular complexity index is 1280. The summed E-state index contributed by atoms with van der Waals surface area (Å²) in [5.74, 6) is -0.216. The van der Waals surface area contributed by atoms with E-state index in [0.29, 0.717) is 22.8 Å². The summed E-state index contributed by atoms with van der Waals surface area (Å²) >= 11 is 0. The van der Waals surface area contributed by atoms with Crippen LogP contribution < -0.4 is 9.47 Å². The van der Waals surface area contributed by atoms with Gasteiger partial charge in [-0.1, -0.05) is 32.0 Å². The number of hydrogen-bond acceptors (Lipinski definition) is 6. The van der Waals surface area contributed by atoms with Gasteiger partial charge < -0.3 is 19.5 Å². The summed E-state index contributed by atoms with van der Waals surface area (Å²) in [5, 5.41) is 11.4. The molecule has 1 N–H and O–H groups in total. The number of nitrogens with zero attached hydrogens (tertiary/aromatic N) is 2. The monoisotopic (exact) mass is 472 g/mol. The van der Waals surface area contributed by atoms with Gasteiger partial charge in [-0.05, 0) is 59.5 Å². The van der Waals surface area contributed by atoms with Gasteiger partial charge in [-0.3, -0.25) is 14.6 Å². The summed E-state index contributed by atoms with van der Waals surface area (Å²) in [6.07, 6.45) is 1.60. The lowest BCUT2D eigenvalue weighted by Crippen LogP contribution is -2.29. The molecule has 0 bridgehead atoms. The lowest BCUT2D eigenvalue weighted by molar-refractivity contribution is -0.140. The molecular weight excluding hydrogens is 444 g/mol. The highest BCUT2D eigenvalue weighted by Crippen LogP contribution is 2.40. The molecule has 2 aromatic carbocycles. The number of Topliss-reactive ketones (excluding diaryl/α,β-unsaturated/α-hetero) is 1. The van der Waals surface area contributed by atoms with E-state index in [1.807, 2.05) is 38.1 Å². The molecule has 1 aliphatic rings. The third-order valence-electron chi connectivity index (χ3n) is 6.12. The van der Waals surface area contributed by atoms with Crippen LogP contribution in [0.5, 0.6) is 11.5 Å². The minimum absolute atomic E-state index is 0.0106. The van der Waals surface area contributed by atoms with Gasteiger partial charge in [0.1, 0.15) is 23.3 Å². The molecule has 1 saturated heterocycles. The van der Waals surface area contributed by atoms with Crippen LogP contribution in [0.2, 0.25) is 0 Å². The van der Waals surface area contributed by atoms with Crippen LogP contribution in [0.25, 0.3) is 5.76 Å². The molecular formula is C28H28N2O5. The van der Waals surface area contributed by atoms with Crippen LogP contribution in [0.15, 0.2) is 72.4 Å². The van der Waals surface area contributed by atoms with Gasteiger partial charge in [-0.15, -0.1) is 0 Å². The number of ether oxygens (including phenoxy) is 2. The second-order valence-corrected chi connectivity index (χ2v) is 8.64. The van der Waals surface area contributed by atoms with Crippen molar-refractivity contribution in [1.82, 2.24) is 9.88 Å². The van der Waals surface area contributed by atoms with Crippen molar-refractivity contribution in [3.63, 3.8) is 0 Å².